The molecule has 1 aromatic carbocycles. The maximum atomic E-state index is 6.07. The van der Waals surface area contributed by atoms with Crippen molar-refractivity contribution in [1.82, 2.24) is 14.5 Å². The van der Waals surface area contributed by atoms with Crippen LogP contribution >= 0.6 is 0 Å². The summed E-state index contributed by atoms with van der Waals surface area (Å²) >= 11 is 0. The van der Waals surface area contributed by atoms with Crippen LogP contribution in [0.3, 0.4) is 0 Å². The number of benzene rings is 1. The Bertz CT molecular complexity index is 758. The van der Waals surface area contributed by atoms with Crippen molar-refractivity contribution in [2.45, 2.75) is 26.8 Å². The van der Waals surface area contributed by atoms with Crippen LogP contribution in [0.15, 0.2) is 36.5 Å². The normalized spacial score (nSPS) is 11.1. The Hall–Kier alpha value is -2.36. The first-order valence-corrected chi connectivity index (χ1v) is 6.84. The number of nitrogen functional groups attached to an aromatic ring is 1. The van der Waals surface area contributed by atoms with E-state index >= 15 is 0 Å². The average Bonchev–Trinajstić information content (AvgIpc) is 2.76. The molecule has 0 bridgehead atoms. The predicted molar refractivity (Wildman–Crippen MR) is 81.6 cm³/mol. The molecule has 0 unspecified atom stereocenters. The van der Waals surface area contributed by atoms with Crippen LogP contribution in [-0.4, -0.2) is 14.5 Å². The number of pyridine rings is 1. The zero-order chi connectivity index (χ0) is 14.1. The first kappa shape index (κ1) is 12.7. The number of fused-ring (bicyclic) bond motifs is 1. The van der Waals surface area contributed by atoms with Gasteiger partial charge >= 0.3 is 0 Å². The van der Waals surface area contributed by atoms with Gasteiger partial charge in [0.15, 0.2) is 0 Å². The monoisotopic (exact) mass is 266 g/mol. The summed E-state index contributed by atoms with van der Waals surface area (Å²) in [5.74, 6) is 0.540. The minimum Gasteiger partial charge on any atom is -0.369 e. The minimum absolute atomic E-state index is 0.540. The minimum atomic E-state index is 0.540. The lowest BCUT2D eigenvalue weighted by molar-refractivity contribution is 0.793. The zero-order valence-electron chi connectivity index (χ0n) is 11.8. The first-order chi connectivity index (χ1) is 9.69. The molecular formula is C16H18N4. The Kier molecular flexibility index (Phi) is 3.14. The molecule has 0 saturated heterocycles. The van der Waals surface area contributed by atoms with E-state index in [1.54, 1.807) is 0 Å². The van der Waals surface area contributed by atoms with Gasteiger partial charge in [0, 0.05) is 6.20 Å². The lowest BCUT2D eigenvalue weighted by atomic mass is 10.1. The van der Waals surface area contributed by atoms with E-state index in [9.17, 15) is 0 Å². The summed E-state index contributed by atoms with van der Waals surface area (Å²) in [5.41, 5.74) is 11.6. The molecule has 4 nitrogen and oxygen atoms in total. The standard InChI is InChI=1S/C16H18N4/c1-3-12-5-4-8-18-14(12)10-20-15-9-11(2)6-7-13(15)19-16(20)17/h4-9H,3,10H2,1-2H3,(H2,17,19). The molecule has 20 heavy (non-hydrogen) atoms. The number of hydrogen-bond donors (Lipinski definition) is 1. The molecule has 102 valence electrons. The van der Waals surface area contributed by atoms with Gasteiger partial charge in [-0.1, -0.05) is 19.1 Å². The van der Waals surface area contributed by atoms with Gasteiger partial charge in [0.25, 0.3) is 0 Å². The topological polar surface area (TPSA) is 56.7 Å². The van der Waals surface area contributed by atoms with Gasteiger partial charge in [-0.25, -0.2) is 4.98 Å². The van der Waals surface area contributed by atoms with Gasteiger partial charge in [-0.05, 0) is 42.7 Å². The Morgan fingerprint density at radius 3 is 2.90 bits per heavy atom. The van der Waals surface area contributed by atoms with Crippen molar-refractivity contribution in [3.05, 3.63) is 53.3 Å². The van der Waals surface area contributed by atoms with Crippen molar-refractivity contribution in [2.75, 3.05) is 5.73 Å². The van der Waals surface area contributed by atoms with E-state index in [4.69, 9.17) is 5.73 Å². The number of aromatic nitrogens is 3. The summed E-state index contributed by atoms with van der Waals surface area (Å²) in [5, 5.41) is 0. The molecule has 0 aliphatic heterocycles. The van der Waals surface area contributed by atoms with E-state index in [1.807, 2.05) is 22.9 Å². The molecule has 0 fully saturated rings. The molecule has 0 saturated carbocycles. The molecule has 2 aromatic heterocycles. The third-order valence-electron chi connectivity index (χ3n) is 3.61. The third-order valence-corrected chi connectivity index (χ3v) is 3.61. The Labute approximate surface area is 118 Å². The van der Waals surface area contributed by atoms with E-state index in [0.717, 1.165) is 23.1 Å². The molecule has 0 amide bonds. The number of rotatable bonds is 3. The van der Waals surface area contributed by atoms with Gasteiger partial charge in [0.2, 0.25) is 5.95 Å². The zero-order valence-corrected chi connectivity index (χ0v) is 11.8. The summed E-state index contributed by atoms with van der Waals surface area (Å²) in [6.45, 7) is 4.88. The highest BCUT2D eigenvalue weighted by atomic mass is 15.2. The number of nitrogens with zero attached hydrogens (tertiary/aromatic N) is 3. The van der Waals surface area contributed by atoms with Crippen molar-refractivity contribution >= 4 is 17.0 Å². The van der Waals surface area contributed by atoms with Crippen molar-refractivity contribution in [2.24, 2.45) is 0 Å². The van der Waals surface area contributed by atoms with Crippen LogP contribution in [0, 0.1) is 6.92 Å². The molecular weight excluding hydrogens is 248 g/mol. The molecule has 0 radical (unpaired) electrons. The summed E-state index contributed by atoms with van der Waals surface area (Å²) in [6, 6.07) is 10.3. The van der Waals surface area contributed by atoms with Gasteiger partial charge in [0.05, 0.1) is 23.3 Å². The molecule has 2 heterocycles. The van der Waals surface area contributed by atoms with Crippen molar-refractivity contribution < 1.29 is 0 Å². The summed E-state index contributed by atoms with van der Waals surface area (Å²) in [7, 11) is 0. The van der Waals surface area contributed by atoms with Crippen LogP contribution < -0.4 is 5.73 Å². The fraction of sp³-hybridized carbons (Fsp3) is 0.250. The van der Waals surface area contributed by atoms with Crippen LogP contribution in [0.5, 0.6) is 0 Å². The predicted octanol–water partition coefficient (Wildman–Crippen LogP) is 2.93. The Balaban J connectivity index is 2.10. The fourth-order valence-electron chi connectivity index (χ4n) is 2.50. The summed E-state index contributed by atoms with van der Waals surface area (Å²) < 4.78 is 2.03. The van der Waals surface area contributed by atoms with Crippen LogP contribution in [-0.2, 0) is 13.0 Å². The fourth-order valence-corrected chi connectivity index (χ4v) is 2.50. The van der Waals surface area contributed by atoms with Crippen LogP contribution in [0.4, 0.5) is 5.95 Å². The second-order valence-corrected chi connectivity index (χ2v) is 5.01. The smallest absolute Gasteiger partial charge is 0.201 e. The van der Waals surface area contributed by atoms with E-state index in [2.05, 4.69) is 42.0 Å². The maximum Gasteiger partial charge on any atom is 0.201 e. The largest absolute Gasteiger partial charge is 0.369 e. The second-order valence-electron chi connectivity index (χ2n) is 5.01. The Morgan fingerprint density at radius 2 is 2.10 bits per heavy atom. The molecule has 0 aliphatic carbocycles. The summed E-state index contributed by atoms with van der Waals surface area (Å²) in [4.78, 5) is 8.91. The van der Waals surface area contributed by atoms with Crippen LogP contribution in [0.25, 0.3) is 11.0 Å². The highest BCUT2D eigenvalue weighted by Crippen LogP contribution is 2.21. The Morgan fingerprint density at radius 1 is 1.25 bits per heavy atom. The quantitative estimate of drug-likeness (QED) is 0.793. The number of imidazole rings is 1. The van der Waals surface area contributed by atoms with Crippen LogP contribution in [0.1, 0.15) is 23.7 Å². The van der Waals surface area contributed by atoms with Crippen LogP contribution in [0.2, 0.25) is 0 Å². The lowest BCUT2D eigenvalue weighted by Gasteiger charge is -2.09. The van der Waals surface area contributed by atoms with E-state index in [0.29, 0.717) is 12.5 Å². The number of anilines is 1. The van der Waals surface area contributed by atoms with Gasteiger partial charge in [0.1, 0.15) is 0 Å². The molecule has 0 aliphatic rings. The molecule has 0 spiro atoms. The van der Waals surface area contributed by atoms with Crippen molar-refractivity contribution in [3.8, 4) is 0 Å². The molecule has 3 aromatic rings. The molecule has 3 rings (SSSR count). The molecule has 2 N–H and O–H groups in total. The first-order valence-electron chi connectivity index (χ1n) is 6.84. The SMILES string of the molecule is CCc1cccnc1Cn1c(N)nc2ccc(C)cc21. The van der Waals surface area contributed by atoms with E-state index in [1.165, 1.54) is 11.1 Å². The lowest BCUT2D eigenvalue weighted by Crippen LogP contribution is -2.08. The molecule has 4 heteroatoms. The maximum absolute atomic E-state index is 6.07. The van der Waals surface area contributed by atoms with Gasteiger partial charge in [-0.2, -0.15) is 0 Å². The average molecular weight is 266 g/mol. The highest BCUT2D eigenvalue weighted by molar-refractivity contribution is 5.79. The third kappa shape index (κ3) is 2.13. The van der Waals surface area contributed by atoms with E-state index < -0.39 is 0 Å². The number of hydrogen-bond acceptors (Lipinski definition) is 3. The van der Waals surface area contributed by atoms with Crippen molar-refractivity contribution in [3.63, 3.8) is 0 Å². The van der Waals surface area contributed by atoms with Gasteiger partial charge in [-0.15, -0.1) is 0 Å². The summed E-state index contributed by atoms with van der Waals surface area (Å²) in [6.07, 6.45) is 2.80. The number of aryl methyl sites for hydroxylation is 2. The molecule has 0 atom stereocenters. The number of nitrogens with two attached hydrogens (primary N) is 1. The highest BCUT2D eigenvalue weighted by Gasteiger charge is 2.11. The van der Waals surface area contributed by atoms with Crippen molar-refractivity contribution in [1.29, 1.82) is 0 Å². The van der Waals surface area contributed by atoms with E-state index in [-0.39, 0.29) is 0 Å². The van der Waals surface area contributed by atoms with Gasteiger partial charge < -0.3 is 10.3 Å². The second kappa shape index (κ2) is 4.96. The van der Waals surface area contributed by atoms with Gasteiger partial charge in [-0.3, -0.25) is 4.98 Å².